The Morgan fingerprint density at radius 1 is 1.22 bits per heavy atom. The quantitative estimate of drug-likeness (QED) is 0.874. The Kier molecular flexibility index (Phi) is 4.35. The number of rotatable bonds is 3. The maximum absolute atomic E-state index is 12.6. The van der Waals surface area contributed by atoms with Crippen LogP contribution in [0.3, 0.4) is 0 Å². The molecule has 1 aromatic heterocycles. The van der Waals surface area contributed by atoms with Crippen LogP contribution < -0.4 is 0 Å². The molecule has 2 heterocycles. The van der Waals surface area contributed by atoms with Gasteiger partial charge >= 0.3 is 0 Å². The predicted octanol–water partition coefficient (Wildman–Crippen LogP) is 2.74. The van der Waals surface area contributed by atoms with E-state index in [1.807, 2.05) is 29.2 Å². The highest BCUT2D eigenvalue weighted by Gasteiger charge is 2.29. The van der Waals surface area contributed by atoms with Gasteiger partial charge in [0, 0.05) is 31.6 Å². The number of nitriles is 1. The zero-order valence-electron chi connectivity index (χ0n) is 13.5. The zero-order valence-corrected chi connectivity index (χ0v) is 13.5. The van der Waals surface area contributed by atoms with E-state index >= 15 is 0 Å². The first-order valence-electron chi connectivity index (χ1n) is 8.01. The minimum atomic E-state index is -0.0848. The predicted molar refractivity (Wildman–Crippen MR) is 87.9 cm³/mol. The number of carbonyl (C=O) groups excluding carboxylic acids is 1. The Morgan fingerprint density at radius 2 is 1.91 bits per heavy atom. The van der Waals surface area contributed by atoms with Gasteiger partial charge in [0.05, 0.1) is 6.07 Å². The van der Waals surface area contributed by atoms with E-state index in [4.69, 9.17) is 4.42 Å². The molecule has 1 fully saturated rings. The van der Waals surface area contributed by atoms with Gasteiger partial charge in [-0.1, -0.05) is 32.0 Å². The normalized spacial score (nSPS) is 17.4. The van der Waals surface area contributed by atoms with Crippen molar-refractivity contribution in [1.82, 2.24) is 9.80 Å². The van der Waals surface area contributed by atoms with Gasteiger partial charge in [0.2, 0.25) is 0 Å². The molecule has 5 heteroatoms. The lowest BCUT2D eigenvalue weighted by Gasteiger charge is -2.37. The summed E-state index contributed by atoms with van der Waals surface area (Å²) < 4.78 is 5.66. The van der Waals surface area contributed by atoms with Crippen molar-refractivity contribution in [1.29, 1.82) is 5.26 Å². The molecule has 23 heavy (non-hydrogen) atoms. The molecule has 0 radical (unpaired) electrons. The number of fused-ring (bicyclic) bond motifs is 1. The topological polar surface area (TPSA) is 60.5 Å². The maximum atomic E-state index is 12.6. The molecule has 5 nitrogen and oxygen atoms in total. The van der Waals surface area contributed by atoms with Gasteiger partial charge < -0.3 is 9.32 Å². The molecule has 0 bridgehead atoms. The minimum absolute atomic E-state index is 0.0705. The third-order valence-electron chi connectivity index (χ3n) is 4.39. The van der Waals surface area contributed by atoms with E-state index < -0.39 is 0 Å². The number of amides is 1. The molecule has 3 rings (SSSR count). The fourth-order valence-electron chi connectivity index (χ4n) is 3.10. The van der Waals surface area contributed by atoms with Crippen LogP contribution in [0, 0.1) is 17.2 Å². The SMILES string of the molecule is CC(C)[C@H](C#N)N1CCN(C(=O)c2cc3ccccc3o2)CC1. The van der Waals surface area contributed by atoms with Gasteiger partial charge in [0.15, 0.2) is 5.76 Å². The third kappa shape index (κ3) is 3.08. The fraction of sp³-hybridized carbons (Fsp3) is 0.444. The second-order valence-electron chi connectivity index (χ2n) is 6.29. The average molecular weight is 311 g/mol. The van der Waals surface area contributed by atoms with E-state index in [0.717, 1.165) is 24.1 Å². The average Bonchev–Trinajstić information content (AvgIpc) is 2.99. The summed E-state index contributed by atoms with van der Waals surface area (Å²) in [7, 11) is 0. The van der Waals surface area contributed by atoms with Gasteiger partial charge in [-0.3, -0.25) is 9.69 Å². The molecule has 0 N–H and O–H groups in total. The summed E-state index contributed by atoms with van der Waals surface area (Å²) in [6.45, 7) is 6.81. The van der Waals surface area contributed by atoms with Gasteiger partial charge in [-0.15, -0.1) is 0 Å². The lowest BCUT2D eigenvalue weighted by atomic mass is 10.0. The molecule has 2 aromatic rings. The molecule has 0 aliphatic carbocycles. The Balaban J connectivity index is 1.67. The number of benzene rings is 1. The number of nitrogens with zero attached hydrogens (tertiary/aromatic N) is 3. The molecular weight excluding hydrogens is 290 g/mol. The molecule has 0 spiro atoms. The van der Waals surface area contributed by atoms with Crippen molar-refractivity contribution in [3.63, 3.8) is 0 Å². The summed E-state index contributed by atoms with van der Waals surface area (Å²) in [6.07, 6.45) is 0. The van der Waals surface area contributed by atoms with Crippen LogP contribution >= 0.6 is 0 Å². The summed E-state index contributed by atoms with van der Waals surface area (Å²) in [4.78, 5) is 16.6. The molecular formula is C18H21N3O2. The van der Waals surface area contributed by atoms with Crippen LogP contribution in [0.25, 0.3) is 11.0 Å². The first-order valence-corrected chi connectivity index (χ1v) is 8.01. The van der Waals surface area contributed by atoms with Crippen molar-refractivity contribution in [2.45, 2.75) is 19.9 Å². The maximum Gasteiger partial charge on any atom is 0.289 e. The first kappa shape index (κ1) is 15.6. The van der Waals surface area contributed by atoms with Crippen LogP contribution in [0.15, 0.2) is 34.7 Å². The molecule has 1 amide bonds. The Morgan fingerprint density at radius 3 is 2.52 bits per heavy atom. The number of para-hydroxylation sites is 1. The van der Waals surface area contributed by atoms with E-state index in [9.17, 15) is 10.1 Å². The molecule has 0 saturated carbocycles. The highest BCUT2D eigenvalue weighted by atomic mass is 16.3. The van der Waals surface area contributed by atoms with E-state index in [0.29, 0.717) is 18.8 Å². The monoisotopic (exact) mass is 311 g/mol. The molecule has 1 aromatic carbocycles. The smallest absolute Gasteiger partial charge is 0.289 e. The number of hydrogen-bond donors (Lipinski definition) is 0. The summed E-state index contributed by atoms with van der Waals surface area (Å²) in [5, 5.41) is 10.2. The van der Waals surface area contributed by atoms with Crippen molar-refractivity contribution in [2.75, 3.05) is 26.2 Å². The summed E-state index contributed by atoms with van der Waals surface area (Å²) >= 11 is 0. The number of hydrogen-bond acceptors (Lipinski definition) is 4. The third-order valence-corrected chi connectivity index (χ3v) is 4.39. The van der Waals surface area contributed by atoms with E-state index in [1.54, 1.807) is 6.07 Å². The molecule has 1 aliphatic rings. The second-order valence-corrected chi connectivity index (χ2v) is 6.29. The van der Waals surface area contributed by atoms with Crippen molar-refractivity contribution in [3.8, 4) is 6.07 Å². The lowest BCUT2D eigenvalue weighted by Crippen LogP contribution is -2.52. The summed E-state index contributed by atoms with van der Waals surface area (Å²) in [5.74, 6) is 0.608. The van der Waals surface area contributed by atoms with Gasteiger partial charge in [-0.2, -0.15) is 5.26 Å². The largest absolute Gasteiger partial charge is 0.451 e. The number of carbonyl (C=O) groups is 1. The number of piperazine rings is 1. The van der Waals surface area contributed by atoms with Crippen LogP contribution in [0.2, 0.25) is 0 Å². The second kappa shape index (κ2) is 6.43. The highest BCUT2D eigenvalue weighted by Crippen LogP contribution is 2.21. The molecule has 120 valence electrons. The van der Waals surface area contributed by atoms with Crippen molar-refractivity contribution in [3.05, 3.63) is 36.1 Å². The molecule has 1 atom stereocenters. The van der Waals surface area contributed by atoms with Crippen LogP contribution in [0.1, 0.15) is 24.4 Å². The molecule has 0 unspecified atom stereocenters. The highest BCUT2D eigenvalue weighted by molar-refractivity contribution is 5.96. The summed E-state index contributed by atoms with van der Waals surface area (Å²) in [5.41, 5.74) is 0.735. The zero-order chi connectivity index (χ0) is 16.4. The fourth-order valence-corrected chi connectivity index (χ4v) is 3.10. The van der Waals surface area contributed by atoms with Gasteiger partial charge in [-0.05, 0) is 18.1 Å². The first-order chi connectivity index (χ1) is 11.1. The Labute approximate surface area is 136 Å². The van der Waals surface area contributed by atoms with Crippen LogP contribution in [-0.4, -0.2) is 47.9 Å². The standard InChI is InChI=1S/C18H21N3O2/c1-13(2)15(12-19)20-7-9-21(10-8-20)18(22)17-11-14-5-3-4-6-16(14)23-17/h3-6,11,13,15H,7-10H2,1-2H3/t15-/m0/s1. The van der Waals surface area contributed by atoms with E-state index in [-0.39, 0.29) is 17.9 Å². The van der Waals surface area contributed by atoms with Crippen molar-refractivity contribution in [2.24, 2.45) is 5.92 Å². The summed E-state index contributed by atoms with van der Waals surface area (Å²) in [6, 6.07) is 11.7. The van der Waals surface area contributed by atoms with Gasteiger partial charge in [0.25, 0.3) is 5.91 Å². The van der Waals surface area contributed by atoms with Crippen molar-refractivity contribution >= 4 is 16.9 Å². The Bertz CT molecular complexity index is 703. The number of furan rings is 1. The Hall–Kier alpha value is -2.32. The lowest BCUT2D eigenvalue weighted by molar-refractivity contribution is 0.0550. The van der Waals surface area contributed by atoms with E-state index in [2.05, 4.69) is 24.8 Å². The molecule has 1 saturated heterocycles. The van der Waals surface area contributed by atoms with Crippen LogP contribution in [0.4, 0.5) is 0 Å². The molecule has 1 aliphatic heterocycles. The van der Waals surface area contributed by atoms with Crippen LogP contribution in [-0.2, 0) is 0 Å². The van der Waals surface area contributed by atoms with Gasteiger partial charge in [-0.25, -0.2) is 0 Å². The minimum Gasteiger partial charge on any atom is -0.451 e. The van der Waals surface area contributed by atoms with Crippen molar-refractivity contribution < 1.29 is 9.21 Å². The van der Waals surface area contributed by atoms with Crippen LogP contribution in [0.5, 0.6) is 0 Å². The van der Waals surface area contributed by atoms with E-state index in [1.165, 1.54) is 0 Å². The van der Waals surface area contributed by atoms with Gasteiger partial charge in [0.1, 0.15) is 11.6 Å².